The van der Waals surface area contributed by atoms with Crippen molar-refractivity contribution < 1.29 is 14.3 Å². The summed E-state index contributed by atoms with van der Waals surface area (Å²) in [4.78, 5) is 26.4. The largest absolute Gasteiger partial charge is 0.491 e. The molecular weight excluding hydrogens is 316 g/mol. The maximum absolute atomic E-state index is 12.5. The molecule has 25 heavy (non-hydrogen) atoms. The highest BCUT2D eigenvalue weighted by atomic mass is 16.5. The number of rotatable bonds is 3. The maximum atomic E-state index is 12.5. The molecule has 0 spiro atoms. The molecule has 1 heterocycles. The fourth-order valence-corrected chi connectivity index (χ4v) is 3.49. The summed E-state index contributed by atoms with van der Waals surface area (Å²) in [6.45, 7) is 0.315. The number of fused-ring (bicyclic) bond motifs is 2. The molecule has 5 nitrogen and oxygen atoms in total. The number of anilines is 2. The van der Waals surface area contributed by atoms with Crippen molar-refractivity contribution in [1.29, 1.82) is 0 Å². The van der Waals surface area contributed by atoms with Gasteiger partial charge >= 0.3 is 0 Å². The lowest BCUT2D eigenvalue weighted by Gasteiger charge is -2.21. The highest BCUT2D eigenvalue weighted by molar-refractivity contribution is 6.03. The summed E-state index contributed by atoms with van der Waals surface area (Å²) < 4.78 is 5.61. The predicted molar refractivity (Wildman–Crippen MR) is 96.0 cm³/mol. The van der Waals surface area contributed by atoms with Gasteiger partial charge in [-0.15, -0.1) is 0 Å². The number of ether oxygens (including phenoxy) is 1. The third kappa shape index (κ3) is 3.22. The minimum absolute atomic E-state index is 0.0176. The van der Waals surface area contributed by atoms with E-state index in [0.717, 1.165) is 18.5 Å². The van der Waals surface area contributed by atoms with Gasteiger partial charge in [-0.05, 0) is 54.7 Å². The predicted octanol–water partition coefficient (Wildman–Crippen LogP) is 2.93. The van der Waals surface area contributed by atoms with Gasteiger partial charge in [0.05, 0.1) is 18.7 Å². The quantitative estimate of drug-likeness (QED) is 0.937. The van der Waals surface area contributed by atoms with E-state index in [4.69, 9.17) is 4.74 Å². The van der Waals surface area contributed by atoms with Gasteiger partial charge in [0, 0.05) is 5.69 Å². The fraction of sp³-hybridized carbons (Fsp3) is 0.300. The average molecular weight is 336 g/mol. The molecule has 0 saturated heterocycles. The molecule has 2 aromatic carbocycles. The smallest absolute Gasteiger partial charge is 0.244 e. The summed E-state index contributed by atoms with van der Waals surface area (Å²) in [7, 11) is 0. The zero-order valence-electron chi connectivity index (χ0n) is 14.0. The minimum atomic E-state index is -0.206. The van der Waals surface area contributed by atoms with Gasteiger partial charge < -0.3 is 10.1 Å². The molecule has 2 amide bonds. The normalized spacial score (nSPS) is 15.8. The molecule has 1 aliphatic heterocycles. The van der Waals surface area contributed by atoms with E-state index >= 15 is 0 Å². The first-order valence-electron chi connectivity index (χ1n) is 8.64. The minimum Gasteiger partial charge on any atom is -0.491 e. The fourth-order valence-electron chi connectivity index (χ4n) is 3.49. The molecule has 1 N–H and O–H groups in total. The standard InChI is InChI=1S/C20H20N2O3/c23-19(21-16-9-8-14-4-3-5-15(14)12-16)13-22-17-6-1-2-7-18(17)25-11-10-20(22)24/h1-2,6-9,12H,3-5,10-11,13H2,(H,21,23). The van der Waals surface area contributed by atoms with Gasteiger partial charge in [-0.25, -0.2) is 0 Å². The van der Waals surface area contributed by atoms with Crippen LogP contribution in [0, 0.1) is 0 Å². The number of hydrogen-bond donors (Lipinski definition) is 1. The molecule has 1 aliphatic carbocycles. The maximum Gasteiger partial charge on any atom is 0.244 e. The highest BCUT2D eigenvalue weighted by Gasteiger charge is 2.25. The van der Waals surface area contributed by atoms with Gasteiger partial charge in [-0.1, -0.05) is 18.2 Å². The van der Waals surface area contributed by atoms with Crippen LogP contribution in [0.5, 0.6) is 5.75 Å². The molecule has 0 aromatic heterocycles. The van der Waals surface area contributed by atoms with Gasteiger partial charge in [0.25, 0.3) is 0 Å². The third-order valence-corrected chi connectivity index (χ3v) is 4.71. The van der Waals surface area contributed by atoms with Crippen LogP contribution in [0.4, 0.5) is 11.4 Å². The molecule has 5 heteroatoms. The van der Waals surface area contributed by atoms with Crippen LogP contribution in [0.1, 0.15) is 24.0 Å². The van der Waals surface area contributed by atoms with Crippen molar-refractivity contribution in [3.63, 3.8) is 0 Å². The Morgan fingerprint density at radius 1 is 1.08 bits per heavy atom. The first kappa shape index (κ1) is 15.7. The lowest BCUT2D eigenvalue weighted by molar-refractivity contribution is -0.121. The second-order valence-electron chi connectivity index (χ2n) is 6.43. The molecule has 0 fully saturated rings. The molecule has 0 atom stereocenters. The van der Waals surface area contributed by atoms with E-state index in [0.29, 0.717) is 18.0 Å². The van der Waals surface area contributed by atoms with Gasteiger partial charge in [-0.3, -0.25) is 14.5 Å². The van der Waals surface area contributed by atoms with Crippen molar-refractivity contribution in [2.75, 3.05) is 23.4 Å². The Bertz CT molecular complexity index is 831. The van der Waals surface area contributed by atoms with Crippen LogP contribution in [0.25, 0.3) is 0 Å². The van der Waals surface area contributed by atoms with Crippen LogP contribution >= 0.6 is 0 Å². The summed E-state index contributed by atoms with van der Waals surface area (Å²) in [6.07, 6.45) is 3.61. The lowest BCUT2D eigenvalue weighted by atomic mass is 10.1. The first-order valence-corrected chi connectivity index (χ1v) is 8.64. The molecule has 2 aromatic rings. The molecule has 0 bridgehead atoms. The molecule has 0 unspecified atom stereocenters. The van der Waals surface area contributed by atoms with Crippen molar-refractivity contribution in [3.05, 3.63) is 53.6 Å². The number of nitrogens with zero attached hydrogens (tertiary/aromatic N) is 1. The second-order valence-corrected chi connectivity index (χ2v) is 6.43. The van der Waals surface area contributed by atoms with Crippen LogP contribution in [-0.4, -0.2) is 25.0 Å². The Labute approximate surface area is 146 Å². The topological polar surface area (TPSA) is 58.6 Å². The lowest BCUT2D eigenvalue weighted by Crippen LogP contribution is -2.37. The monoisotopic (exact) mass is 336 g/mol. The van der Waals surface area contributed by atoms with Crippen molar-refractivity contribution in [3.8, 4) is 5.75 Å². The van der Waals surface area contributed by atoms with Crippen molar-refractivity contribution in [2.24, 2.45) is 0 Å². The van der Waals surface area contributed by atoms with Crippen molar-refractivity contribution in [2.45, 2.75) is 25.7 Å². The molecule has 0 radical (unpaired) electrons. The number of benzene rings is 2. The Kier molecular flexibility index (Phi) is 4.14. The van der Waals surface area contributed by atoms with Gasteiger partial charge in [0.15, 0.2) is 0 Å². The third-order valence-electron chi connectivity index (χ3n) is 4.71. The van der Waals surface area contributed by atoms with Crippen molar-refractivity contribution in [1.82, 2.24) is 0 Å². The summed E-state index contributed by atoms with van der Waals surface area (Å²) in [5, 5.41) is 2.92. The molecule has 2 aliphatic rings. The highest BCUT2D eigenvalue weighted by Crippen LogP contribution is 2.31. The number of nitrogens with one attached hydrogen (secondary N) is 1. The summed E-state index contributed by atoms with van der Waals surface area (Å²) in [6, 6.07) is 13.4. The van der Waals surface area contributed by atoms with Crippen molar-refractivity contribution >= 4 is 23.2 Å². The first-order chi connectivity index (χ1) is 12.2. The van der Waals surface area contributed by atoms with Crippen LogP contribution in [0.3, 0.4) is 0 Å². The van der Waals surface area contributed by atoms with E-state index in [1.807, 2.05) is 30.3 Å². The Morgan fingerprint density at radius 3 is 2.84 bits per heavy atom. The SMILES string of the molecule is O=C(CN1C(=O)CCOc2ccccc21)Nc1ccc2c(c1)CCC2. The Hall–Kier alpha value is -2.82. The van der Waals surface area contributed by atoms with E-state index in [9.17, 15) is 9.59 Å². The number of amides is 2. The number of para-hydroxylation sites is 2. The zero-order valence-corrected chi connectivity index (χ0v) is 14.0. The van der Waals surface area contributed by atoms with E-state index in [1.165, 1.54) is 22.4 Å². The van der Waals surface area contributed by atoms with Gasteiger partial charge in [-0.2, -0.15) is 0 Å². The summed E-state index contributed by atoms with van der Waals surface area (Å²) >= 11 is 0. The molecule has 128 valence electrons. The van der Waals surface area contributed by atoms with Crippen LogP contribution in [-0.2, 0) is 22.4 Å². The molecular formula is C20H20N2O3. The van der Waals surface area contributed by atoms with Gasteiger partial charge in [0.1, 0.15) is 12.3 Å². The van der Waals surface area contributed by atoms with E-state index < -0.39 is 0 Å². The molecule has 0 saturated carbocycles. The number of carbonyl (C=O) groups is 2. The van der Waals surface area contributed by atoms with Crippen LogP contribution in [0.2, 0.25) is 0 Å². The zero-order chi connectivity index (χ0) is 17.2. The summed E-state index contributed by atoms with van der Waals surface area (Å²) in [5.41, 5.74) is 4.11. The van der Waals surface area contributed by atoms with Gasteiger partial charge in [0.2, 0.25) is 11.8 Å². The van der Waals surface area contributed by atoms with Crippen LogP contribution < -0.4 is 15.0 Å². The average Bonchev–Trinajstić information content (AvgIpc) is 3.02. The molecule has 4 rings (SSSR count). The second kappa shape index (κ2) is 6.59. The van der Waals surface area contributed by atoms with E-state index in [2.05, 4.69) is 11.4 Å². The Balaban J connectivity index is 1.51. The number of carbonyl (C=O) groups excluding carboxylic acids is 2. The number of hydrogen-bond acceptors (Lipinski definition) is 3. The van der Waals surface area contributed by atoms with E-state index in [1.54, 1.807) is 6.07 Å². The summed E-state index contributed by atoms with van der Waals surface area (Å²) in [5.74, 6) is 0.329. The van der Waals surface area contributed by atoms with E-state index in [-0.39, 0.29) is 24.8 Å². The Morgan fingerprint density at radius 2 is 1.92 bits per heavy atom. The number of aryl methyl sites for hydroxylation is 2. The van der Waals surface area contributed by atoms with Crippen LogP contribution in [0.15, 0.2) is 42.5 Å².